The Morgan fingerprint density at radius 3 is 2.58 bits per heavy atom. The van der Waals surface area contributed by atoms with E-state index in [-0.39, 0.29) is 36.3 Å². The number of carbonyl (C=O) groups is 2. The van der Waals surface area contributed by atoms with Crippen molar-refractivity contribution in [3.05, 3.63) is 30.1 Å². The summed E-state index contributed by atoms with van der Waals surface area (Å²) >= 11 is 0. The van der Waals surface area contributed by atoms with E-state index < -0.39 is 11.2 Å². The van der Waals surface area contributed by atoms with Gasteiger partial charge in [0.05, 0.1) is 6.04 Å². The lowest BCUT2D eigenvalue weighted by atomic mass is 9.67. The zero-order valence-corrected chi connectivity index (χ0v) is 13.8. The fourth-order valence-electron chi connectivity index (χ4n) is 2.82. The van der Waals surface area contributed by atoms with E-state index in [1.807, 2.05) is 0 Å². The van der Waals surface area contributed by atoms with Crippen LogP contribution in [0.1, 0.15) is 39.0 Å². The number of amides is 2. The third kappa shape index (κ3) is 3.52. The van der Waals surface area contributed by atoms with E-state index in [0.717, 1.165) is 19.3 Å². The molecule has 3 rings (SSSR count). The van der Waals surface area contributed by atoms with Gasteiger partial charge >= 0.3 is 0 Å². The van der Waals surface area contributed by atoms with Gasteiger partial charge in [0.1, 0.15) is 12.0 Å². The lowest BCUT2D eigenvalue weighted by molar-refractivity contribution is -0.150. The molecule has 0 spiro atoms. The molecular weight excluding hydrogens is 311 g/mol. The molecule has 2 N–H and O–H groups in total. The van der Waals surface area contributed by atoms with Crippen molar-refractivity contribution in [3.63, 3.8) is 0 Å². The minimum Gasteiger partial charge on any atom is -0.488 e. The van der Waals surface area contributed by atoms with Gasteiger partial charge in [-0.2, -0.15) is 0 Å². The fraction of sp³-hybridized carbons (Fsp3) is 0.556. The average Bonchev–Trinajstić information content (AvgIpc) is 3.29. The summed E-state index contributed by atoms with van der Waals surface area (Å²) in [5.74, 6) is -0.689. The van der Waals surface area contributed by atoms with Crippen LogP contribution in [0.5, 0.6) is 5.75 Å². The number of hydrogen-bond donors (Lipinski definition) is 2. The zero-order chi connectivity index (χ0) is 17.2. The first-order valence-corrected chi connectivity index (χ1v) is 8.50. The Labute approximate surface area is 141 Å². The third-order valence-electron chi connectivity index (χ3n) is 4.69. The molecule has 5 nitrogen and oxygen atoms in total. The predicted molar refractivity (Wildman–Crippen MR) is 86.9 cm³/mol. The molecular formula is C18H23FN2O3. The highest BCUT2D eigenvalue weighted by Gasteiger charge is 2.51. The molecule has 1 atom stereocenters. The van der Waals surface area contributed by atoms with Crippen molar-refractivity contribution >= 4 is 11.8 Å². The van der Waals surface area contributed by atoms with Gasteiger partial charge < -0.3 is 15.4 Å². The number of halogens is 1. The smallest absolute Gasteiger partial charge is 0.236 e. The quantitative estimate of drug-likeness (QED) is 0.751. The monoisotopic (exact) mass is 334 g/mol. The first kappa shape index (κ1) is 16.7. The van der Waals surface area contributed by atoms with Gasteiger partial charge in [0.15, 0.2) is 11.6 Å². The molecule has 0 heterocycles. The van der Waals surface area contributed by atoms with E-state index in [1.54, 1.807) is 25.1 Å². The van der Waals surface area contributed by atoms with Crippen LogP contribution < -0.4 is 15.4 Å². The van der Waals surface area contributed by atoms with Gasteiger partial charge in [0, 0.05) is 6.04 Å². The summed E-state index contributed by atoms with van der Waals surface area (Å²) in [6.07, 6.45) is 4.04. The van der Waals surface area contributed by atoms with Crippen molar-refractivity contribution in [1.29, 1.82) is 0 Å². The van der Waals surface area contributed by atoms with Crippen LogP contribution in [0.15, 0.2) is 24.3 Å². The van der Waals surface area contributed by atoms with Gasteiger partial charge in [-0.15, -0.1) is 0 Å². The maximum atomic E-state index is 13.5. The Morgan fingerprint density at radius 2 is 2.00 bits per heavy atom. The Morgan fingerprint density at radius 1 is 1.29 bits per heavy atom. The highest BCUT2D eigenvalue weighted by atomic mass is 19.1. The van der Waals surface area contributed by atoms with Crippen LogP contribution >= 0.6 is 0 Å². The normalized spacial score (nSPS) is 19.8. The van der Waals surface area contributed by atoms with Crippen molar-refractivity contribution < 1.29 is 18.7 Å². The maximum Gasteiger partial charge on any atom is 0.236 e. The van der Waals surface area contributed by atoms with Gasteiger partial charge in [0.25, 0.3) is 0 Å². The number of rotatable bonds is 7. The van der Waals surface area contributed by atoms with E-state index >= 15 is 0 Å². The number of hydrogen-bond acceptors (Lipinski definition) is 3. The molecule has 2 aliphatic carbocycles. The molecule has 2 aliphatic rings. The van der Waals surface area contributed by atoms with E-state index in [2.05, 4.69) is 10.6 Å². The number of carbonyl (C=O) groups excluding carboxylic acids is 2. The molecule has 0 unspecified atom stereocenters. The Bertz CT molecular complexity index is 626. The van der Waals surface area contributed by atoms with Crippen LogP contribution in [0.3, 0.4) is 0 Å². The first-order chi connectivity index (χ1) is 11.5. The zero-order valence-electron chi connectivity index (χ0n) is 13.8. The minimum absolute atomic E-state index is 0.146. The summed E-state index contributed by atoms with van der Waals surface area (Å²) in [7, 11) is 0. The Hall–Kier alpha value is -2.11. The molecule has 130 valence electrons. The van der Waals surface area contributed by atoms with Crippen molar-refractivity contribution in [3.8, 4) is 5.75 Å². The second kappa shape index (κ2) is 6.79. The molecule has 1 aromatic rings. The molecule has 0 radical (unpaired) electrons. The fourth-order valence-corrected chi connectivity index (χ4v) is 2.82. The summed E-state index contributed by atoms with van der Waals surface area (Å²) < 4.78 is 18.9. The lowest BCUT2D eigenvalue weighted by Crippen LogP contribution is -2.57. The summed E-state index contributed by atoms with van der Waals surface area (Å²) in [5, 5.41) is 5.78. The third-order valence-corrected chi connectivity index (χ3v) is 4.69. The van der Waals surface area contributed by atoms with Crippen LogP contribution in [-0.4, -0.2) is 30.5 Å². The average molecular weight is 334 g/mol. The van der Waals surface area contributed by atoms with Gasteiger partial charge in [-0.25, -0.2) is 4.39 Å². The van der Waals surface area contributed by atoms with Crippen molar-refractivity contribution in [2.75, 3.05) is 6.61 Å². The van der Waals surface area contributed by atoms with Gasteiger partial charge in [0.2, 0.25) is 11.8 Å². The van der Waals surface area contributed by atoms with Crippen LogP contribution in [0.4, 0.5) is 4.39 Å². The van der Waals surface area contributed by atoms with E-state index in [4.69, 9.17) is 4.74 Å². The molecule has 2 amide bonds. The van der Waals surface area contributed by atoms with Gasteiger partial charge in [-0.1, -0.05) is 18.6 Å². The largest absolute Gasteiger partial charge is 0.488 e. The van der Waals surface area contributed by atoms with E-state index in [0.29, 0.717) is 12.8 Å². The summed E-state index contributed by atoms with van der Waals surface area (Å²) in [5.41, 5.74) is -0.936. The number of para-hydroxylation sites is 1. The highest BCUT2D eigenvalue weighted by molar-refractivity contribution is 6.06. The van der Waals surface area contributed by atoms with Crippen LogP contribution in [-0.2, 0) is 9.59 Å². The molecule has 2 fully saturated rings. The molecule has 6 heteroatoms. The molecule has 0 saturated heterocycles. The SMILES string of the molecule is C[C@@H](COc1ccccc1F)NC(=O)C1(C(=O)NC2CC2)CCC1. The van der Waals surface area contributed by atoms with E-state index in [9.17, 15) is 14.0 Å². The second-order valence-corrected chi connectivity index (χ2v) is 6.80. The first-order valence-electron chi connectivity index (χ1n) is 8.50. The molecule has 24 heavy (non-hydrogen) atoms. The van der Waals surface area contributed by atoms with Crippen molar-refractivity contribution in [1.82, 2.24) is 10.6 Å². The second-order valence-electron chi connectivity index (χ2n) is 6.80. The molecule has 2 saturated carbocycles. The summed E-state index contributed by atoms with van der Waals surface area (Å²) in [6.45, 7) is 1.93. The number of benzene rings is 1. The molecule has 0 aromatic heterocycles. The summed E-state index contributed by atoms with van der Waals surface area (Å²) in [4.78, 5) is 25.0. The Kier molecular flexibility index (Phi) is 4.73. The Balaban J connectivity index is 1.53. The van der Waals surface area contributed by atoms with Gasteiger partial charge in [-0.3, -0.25) is 9.59 Å². The topological polar surface area (TPSA) is 67.4 Å². The number of ether oxygens (including phenoxy) is 1. The maximum absolute atomic E-state index is 13.5. The van der Waals surface area contributed by atoms with Crippen LogP contribution in [0.2, 0.25) is 0 Å². The van der Waals surface area contributed by atoms with Crippen LogP contribution in [0.25, 0.3) is 0 Å². The van der Waals surface area contributed by atoms with Crippen molar-refractivity contribution in [2.45, 2.75) is 51.1 Å². The molecule has 0 bridgehead atoms. The standard InChI is InChI=1S/C18H23FN2O3/c1-12(11-24-15-6-3-2-5-14(15)19)20-16(22)18(9-4-10-18)17(23)21-13-7-8-13/h2-3,5-6,12-13H,4,7-11H2,1H3,(H,20,22)(H,21,23)/t12-/m0/s1. The lowest BCUT2D eigenvalue weighted by Gasteiger charge is -2.39. The highest BCUT2D eigenvalue weighted by Crippen LogP contribution is 2.42. The minimum atomic E-state index is -0.936. The van der Waals surface area contributed by atoms with Crippen LogP contribution in [0, 0.1) is 11.2 Å². The predicted octanol–water partition coefficient (Wildman–Crippen LogP) is 2.16. The molecule has 0 aliphatic heterocycles. The summed E-state index contributed by atoms with van der Waals surface area (Å²) in [6, 6.07) is 6.07. The van der Waals surface area contributed by atoms with Crippen molar-refractivity contribution in [2.24, 2.45) is 5.41 Å². The molecule has 1 aromatic carbocycles. The van der Waals surface area contributed by atoms with Gasteiger partial charge in [-0.05, 0) is 44.7 Å². The number of nitrogens with one attached hydrogen (secondary N) is 2. The van der Waals surface area contributed by atoms with E-state index in [1.165, 1.54) is 6.07 Å².